The van der Waals surface area contributed by atoms with Crippen molar-refractivity contribution in [1.82, 2.24) is 15.2 Å². The topological polar surface area (TPSA) is 65.2 Å². The number of nitrogens with one attached hydrogen (secondary N) is 2. The molecule has 0 aromatic carbocycles. The molecule has 1 unspecified atom stereocenters. The van der Waals surface area contributed by atoms with E-state index in [4.69, 9.17) is 0 Å². The lowest BCUT2D eigenvalue weighted by Crippen LogP contribution is -2.39. The van der Waals surface area contributed by atoms with Gasteiger partial charge in [-0.25, -0.2) is 0 Å². The molecule has 2 N–H and O–H groups in total. The van der Waals surface area contributed by atoms with Gasteiger partial charge in [-0.2, -0.15) is 0 Å². The van der Waals surface area contributed by atoms with E-state index in [9.17, 15) is 9.59 Å². The number of rotatable bonds is 5. The maximum atomic E-state index is 11.8. The second-order valence-electron chi connectivity index (χ2n) is 5.43. The smallest absolute Gasteiger partial charge is 0.251 e. The van der Waals surface area contributed by atoms with Gasteiger partial charge < -0.3 is 15.2 Å². The van der Waals surface area contributed by atoms with Gasteiger partial charge in [0, 0.05) is 37.0 Å². The van der Waals surface area contributed by atoms with Crippen LogP contribution in [0.25, 0.3) is 0 Å². The Morgan fingerprint density at radius 2 is 2.35 bits per heavy atom. The molecule has 110 valence electrons. The Labute approximate surface area is 119 Å². The molecule has 1 saturated heterocycles. The number of aromatic nitrogens is 1. The van der Waals surface area contributed by atoms with Crippen molar-refractivity contribution in [2.45, 2.75) is 38.6 Å². The van der Waals surface area contributed by atoms with E-state index < -0.39 is 0 Å². The van der Waals surface area contributed by atoms with Gasteiger partial charge in [0.25, 0.3) is 5.91 Å². The number of piperidine rings is 1. The second kappa shape index (κ2) is 7.24. The number of carbonyl (C=O) groups is 1. The zero-order valence-electron chi connectivity index (χ0n) is 12.0. The Bertz CT molecular complexity index is 498. The zero-order valence-corrected chi connectivity index (χ0v) is 12.0. The summed E-state index contributed by atoms with van der Waals surface area (Å²) in [4.78, 5) is 27.9. The number of H-pyrrole nitrogens is 1. The number of aromatic amines is 1. The fraction of sp³-hybridized carbons (Fsp3) is 0.600. The van der Waals surface area contributed by atoms with Gasteiger partial charge in [0.15, 0.2) is 0 Å². The molecule has 5 heteroatoms. The highest BCUT2D eigenvalue weighted by Crippen LogP contribution is 2.15. The highest BCUT2D eigenvalue weighted by atomic mass is 16.2. The van der Waals surface area contributed by atoms with Crippen LogP contribution in [0, 0.1) is 0 Å². The standard InChI is InChI=1S/C15H23N3O2/c1-12-5-2-3-9-18(12)10-4-7-17-15(20)13-6-8-16-14(19)11-13/h6,8,11-12H,2-5,7,9-10H2,1H3,(H,16,19)(H,17,20). The van der Waals surface area contributed by atoms with E-state index in [1.807, 2.05) is 0 Å². The number of hydrogen-bond donors (Lipinski definition) is 2. The Balaban J connectivity index is 1.70. The predicted octanol–water partition coefficient (Wildman–Crippen LogP) is 1.37. The van der Waals surface area contributed by atoms with Gasteiger partial charge in [-0.3, -0.25) is 9.59 Å². The van der Waals surface area contributed by atoms with Crippen molar-refractivity contribution in [2.24, 2.45) is 0 Å². The molecular formula is C15H23N3O2. The van der Waals surface area contributed by atoms with E-state index in [0.29, 0.717) is 18.2 Å². The molecule has 2 rings (SSSR count). The number of likely N-dealkylation sites (tertiary alicyclic amines) is 1. The summed E-state index contributed by atoms with van der Waals surface area (Å²) in [5, 5.41) is 2.86. The van der Waals surface area contributed by atoms with Crippen LogP contribution in [0.15, 0.2) is 23.1 Å². The third kappa shape index (κ3) is 4.20. The van der Waals surface area contributed by atoms with Crippen LogP contribution in [0.1, 0.15) is 43.0 Å². The predicted molar refractivity (Wildman–Crippen MR) is 78.9 cm³/mol. The molecule has 1 aromatic rings. The van der Waals surface area contributed by atoms with E-state index >= 15 is 0 Å². The number of nitrogens with zero attached hydrogens (tertiary/aromatic N) is 1. The summed E-state index contributed by atoms with van der Waals surface area (Å²) in [6.45, 7) is 5.11. The first kappa shape index (κ1) is 14.8. The van der Waals surface area contributed by atoms with Gasteiger partial charge in [-0.1, -0.05) is 6.42 Å². The van der Waals surface area contributed by atoms with E-state index in [1.165, 1.54) is 38.1 Å². The number of pyridine rings is 1. The van der Waals surface area contributed by atoms with Crippen LogP contribution in [0.3, 0.4) is 0 Å². The van der Waals surface area contributed by atoms with E-state index in [2.05, 4.69) is 22.1 Å². The molecule has 1 aliphatic rings. The second-order valence-corrected chi connectivity index (χ2v) is 5.43. The van der Waals surface area contributed by atoms with E-state index in [0.717, 1.165) is 13.0 Å². The molecule has 1 amide bonds. The number of carbonyl (C=O) groups excluding carboxylic acids is 1. The van der Waals surface area contributed by atoms with Gasteiger partial charge in [0.2, 0.25) is 5.56 Å². The summed E-state index contributed by atoms with van der Waals surface area (Å²) >= 11 is 0. The molecule has 1 aliphatic heterocycles. The largest absolute Gasteiger partial charge is 0.352 e. The monoisotopic (exact) mass is 277 g/mol. The summed E-state index contributed by atoms with van der Waals surface area (Å²) in [7, 11) is 0. The van der Waals surface area contributed by atoms with Crippen molar-refractivity contribution in [2.75, 3.05) is 19.6 Å². The van der Waals surface area contributed by atoms with Crippen molar-refractivity contribution in [3.63, 3.8) is 0 Å². The van der Waals surface area contributed by atoms with Crippen molar-refractivity contribution in [1.29, 1.82) is 0 Å². The fourth-order valence-corrected chi connectivity index (χ4v) is 2.66. The maximum absolute atomic E-state index is 11.8. The third-order valence-corrected chi connectivity index (χ3v) is 3.89. The van der Waals surface area contributed by atoms with Gasteiger partial charge in [-0.15, -0.1) is 0 Å². The SMILES string of the molecule is CC1CCCCN1CCCNC(=O)c1cc[nH]c(=O)c1. The highest BCUT2D eigenvalue weighted by Gasteiger charge is 2.17. The molecule has 1 fully saturated rings. The molecule has 0 aliphatic carbocycles. The lowest BCUT2D eigenvalue weighted by Gasteiger charge is -2.33. The molecule has 1 atom stereocenters. The molecule has 20 heavy (non-hydrogen) atoms. The van der Waals surface area contributed by atoms with Crippen LogP contribution in [-0.4, -0.2) is 41.5 Å². The van der Waals surface area contributed by atoms with Crippen LogP contribution in [0.4, 0.5) is 0 Å². The molecule has 0 saturated carbocycles. The Morgan fingerprint density at radius 1 is 1.50 bits per heavy atom. The summed E-state index contributed by atoms with van der Waals surface area (Å²) in [5.74, 6) is -0.178. The first-order chi connectivity index (χ1) is 9.66. The number of amides is 1. The first-order valence-corrected chi connectivity index (χ1v) is 7.38. The van der Waals surface area contributed by atoms with Crippen molar-refractivity contribution < 1.29 is 4.79 Å². The van der Waals surface area contributed by atoms with Crippen molar-refractivity contribution in [3.8, 4) is 0 Å². The molecule has 0 bridgehead atoms. The highest BCUT2D eigenvalue weighted by molar-refractivity contribution is 5.93. The van der Waals surface area contributed by atoms with Gasteiger partial charge in [0.05, 0.1) is 0 Å². The van der Waals surface area contributed by atoms with Gasteiger partial charge in [-0.05, 0) is 38.8 Å². The zero-order chi connectivity index (χ0) is 14.4. The lowest BCUT2D eigenvalue weighted by molar-refractivity contribution is 0.0948. The normalized spacial score (nSPS) is 19.8. The van der Waals surface area contributed by atoms with Crippen LogP contribution in [0.5, 0.6) is 0 Å². The minimum atomic E-state index is -0.250. The lowest BCUT2D eigenvalue weighted by atomic mass is 10.0. The first-order valence-electron chi connectivity index (χ1n) is 7.38. The van der Waals surface area contributed by atoms with E-state index in [1.54, 1.807) is 6.07 Å². The molecule has 0 radical (unpaired) electrons. The molecule has 0 spiro atoms. The summed E-state index contributed by atoms with van der Waals surface area (Å²) in [5.41, 5.74) is 0.167. The van der Waals surface area contributed by atoms with Crippen LogP contribution >= 0.6 is 0 Å². The van der Waals surface area contributed by atoms with Crippen LogP contribution in [0.2, 0.25) is 0 Å². The average molecular weight is 277 g/mol. The Hall–Kier alpha value is -1.62. The van der Waals surface area contributed by atoms with Crippen LogP contribution in [-0.2, 0) is 0 Å². The van der Waals surface area contributed by atoms with E-state index in [-0.39, 0.29) is 11.5 Å². The van der Waals surface area contributed by atoms with Gasteiger partial charge >= 0.3 is 0 Å². The third-order valence-electron chi connectivity index (χ3n) is 3.89. The van der Waals surface area contributed by atoms with Gasteiger partial charge in [0.1, 0.15) is 0 Å². The van der Waals surface area contributed by atoms with Crippen LogP contribution < -0.4 is 10.9 Å². The Kier molecular flexibility index (Phi) is 5.35. The van der Waals surface area contributed by atoms with Crippen molar-refractivity contribution in [3.05, 3.63) is 34.2 Å². The minimum absolute atomic E-state index is 0.178. The molecule has 1 aromatic heterocycles. The Morgan fingerprint density at radius 3 is 3.10 bits per heavy atom. The maximum Gasteiger partial charge on any atom is 0.251 e. The summed E-state index contributed by atoms with van der Waals surface area (Å²) in [6, 6.07) is 3.60. The average Bonchev–Trinajstić information content (AvgIpc) is 2.45. The quantitative estimate of drug-likeness (QED) is 0.799. The minimum Gasteiger partial charge on any atom is -0.352 e. The number of hydrogen-bond acceptors (Lipinski definition) is 3. The summed E-state index contributed by atoms with van der Waals surface area (Å²) < 4.78 is 0. The van der Waals surface area contributed by atoms with Crippen molar-refractivity contribution >= 4 is 5.91 Å². The fourth-order valence-electron chi connectivity index (χ4n) is 2.66. The molecule has 2 heterocycles. The molecular weight excluding hydrogens is 254 g/mol. The summed E-state index contributed by atoms with van der Waals surface area (Å²) in [6.07, 6.45) is 6.32. The molecule has 5 nitrogen and oxygen atoms in total.